The molecule has 20 heavy (non-hydrogen) atoms. The summed E-state index contributed by atoms with van der Waals surface area (Å²) >= 11 is 0. The maximum atomic E-state index is 12.3. The summed E-state index contributed by atoms with van der Waals surface area (Å²) in [7, 11) is -3.60. The molecule has 3 N–H and O–H groups in total. The van der Waals surface area contributed by atoms with Crippen molar-refractivity contribution >= 4 is 10.0 Å². The fourth-order valence-corrected chi connectivity index (χ4v) is 3.10. The summed E-state index contributed by atoms with van der Waals surface area (Å²) in [6, 6.07) is 6.84. The second kappa shape index (κ2) is 5.74. The lowest BCUT2D eigenvalue weighted by atomic mass is 10.1. The Morgan fingerprint density at radius 1 is 1.30 bits per heavy atom. The maximum absolute atomic E-state index is 12.3. The Kier molecular flexibility index (Phi) is 4.22. The number of nitrogens with one attached hydrogen (secondary N) is 1. The van der Waals surface area contributed by atoms with E-state index in [1.807, 2.05) is 6.07 Å². The van der Waals surface area contributed by atoms with Crippen LogP contribution in [-0.2, 0) is 23.1 Å². The molecular formula is C13H17N3O3S. The van der Waals surface area contributed by atoms with Gasteiger partial charge in [-0.1, -0.05) is 17.3 Å². The fourth-order valence-electron chi connectivity index (χ4n) is 1.81. The molecule has 6 nitrogen and oxygen atoms in total. The van der Waals surface area contributed by atoms with Gasteiger partial charge in [0.2, 0.25) is 10.0 Å². The number of aromatic nitrogens is 1. The van der Waals surface area contributed by atoms with Gasteiger partial charge in [-0.2, -0.15) is 0 Å². The number of nitrogens with two attached hydrogens (primary N) is 1. The molecule has 0 atom stereocenters. The first-order valence-electron chi connectivity index (χ1n) is 6.14. The first kappa shape index (κ1) is 14.7. The van der Waals surface area contributed by atoms with E-state index in [2.05, 4.69) is 9.88 Å². The number of hydrogen-bond acceptors (Lipinski definition) is 5. The molecule has 0 amide bonds. The number of nitrogens with zero attached hydrogens (tertiary/aromatic N) is 1. The van der Waals surface area contributed by atoms with Gasteiger partial charge in [-0.05, 0) is 31.0 Å². The second-order valence-corrected chi connectivity index (χ2v) is 6.29. The summed E-state index contributed by atoms with van der Waals surface area (Å²) in [6.45, 7) is 3.88. The average molecular weight is 295 g/mol. The largest absolute Gasteiger partial charge is 0.361 e. The molecule has 0 saturated carbocycles. The molecule has 2 aromatic rings. The van der Waals surface area contributed by atoms with E-state index >= 15 is 0 Å². The molecule has 0 radical (unpaired) electrons. The Morgan fingerprint density at radius 2 is 2.05 bits per heavy atom. The number of aryl methyl sites for hydroxylation is 2. The van der Waals surface area contributed by atoms with Crippen LogP contribution in [0.5, 0.6) is 0 Å². The zero-order valence-corrected chi connectivity index (χ0v) is 12.2. The summed E-state index contributed by atoms with van der Waals surface area (Å²) in [5, 5.41) is 3.75. The second-order valence-electron chi connectivity index (χ2n) is 4.56. The third-order valence-corrected chi connectivity index (χ3v) is 4.44. The van der Waals surface area contributed by atoms with Crippen LogP contribution in [0.15, 0.2) is 33.7 Å². The predicted molar refractivity (Wildman–Crippen MR) is 74.3 cm³/mol. The molecule has 0 unspecified atom stereocenters. The quantitative estimate of drug-likeness (QED) is 0.864. The molecule has 0 fully saturated rings. The van der Waals surface area contributed by atoms with Gasteiger partial charge in [-0.3, -0.25) is 0 Å². The summed E-state index contributed by atoms with van der Waals surface area (Å²) < 4.78 is 32.0. The van der Waals surface area contributed by atoms with E-state index in [1.165, 1.54) is 0 Å². The Bertz CT molecular complexity index is 707. The van der Waals surface area contributed by atoms with Crippen LogP contribution in [0, 0.1) is 13.8 Å². The molecular weight excluding hydrogens is 278 g/mol. The minimum Gasteiger partial charge on any atom is -0.361 e. The Balaban J connectivity index is 2.21. The first-order valence-corrected chi connectivity index (χ1v) is 7.62. The van der Waals surface area contributed by atoms with Crippen molar-refractivity contribution in [2.24, 2.45) is 5.73 Å². The smallest absolute Gasteiger partial charge is 0.241 e. The molecule has 0 aliphatic carbocycles. The van der Waals surface area contributed by atoms with E-state index in [4.69, 9.17) is 10.3 Å². The van der Waals surface area contributed by atoms with E-state index in [9.17, 15) is 8.42 Å². The zero-order valence-electron chi connectivity index (χ0n) is 11.4. The standard InChI is InChI=1S/C13H17N3O3S/c1-9-3-4-11(7-14)6-13(9)20(17,18)15-8-12-5-10(2)19-16-12/h3-6,15H,7-8,14H2,1-2H3. The molecule has 0 aliphatic rings. The highest BCUT2D eigenvalue weighted by molar-refractivity contribution is 7.89. The topological polar surface area (TPSA) is 98.2 Å². The molecule has 1 heterocycles. The summed E-state index contributed by atoms with van der Waals surface area (Å²) in [5.74, 6) is 0.639. The van der Waals surface area contributed by atoms with Crippen LogP contribution in [0.2, 0.25) is 0 Å². The van der Waals surface area contributed by atoms with Crippen molar-refractivity contribution in [1.82, 2.24) is 9.88 Å². The molecule has 0 bridgehead atoms. The van der Waals surface area contributed by atoms with Gasteiger partial charge in [0.15, 0.2) is 0 Å². The van der Waals surface area contributed by atoms with Crippen molar-refractivity contribution in [3.8, 4) is 0 Å². The molecule has 7 heteroatoms. The molecule has 108 valence electrons. The van der Waals surface area contributed by atoms with E-state index < -0.39 is 10.0 Å². The van der Waals surface area contributed by atoms with Crippen LogP contribution in [0.1, 0.15) is 22.6 Å². The van der Waals surface area contributed by atoms with Gasteiger partial charge >= 0.3 is 0 Å². The summed E-state index contributed by atoms with van der Waals surface area (Å²) in [4.78, 5) is 0.237. The van der Waals surface area contributed by atoms with Crippen molar-refractivity contribution in [3.63, 3.8) is 0 Å². The molecule has 1 aromatic heterocycles. The van der Waals surface area contributed by atoms with Crippen molar-refractivity contribution in [2.45, 2.75) is 31.8 Å². The molecule has 0 aliphatic heterocycles. The van der Waals surface area contributed by atoms with Gasteiger partial charge in [0, 0.05) is 12.6 Å². The Hall–Kier alpha value is -1.70. The molecule has 2 rings (SSSR count). The number of benzene rings is 1. The van der Waals surface area contributed by atoms with Crippen molar-refractivity contribution in [3.05, 3.63) is 46.8 Å². The van der Waals surface area contributed by atoms with Gasteiger partial charge < -0.3 is 10.3 Å². The third kappa shape index (κ3) is 3.24. The van der Waals surface area contributed by atoms with Gasteiger partial charge in [0.25, 0.3) is 0 Å². The van der Waals surface area contributed by atoms with Crippen LogP contribution in [0.4, 0.5) is 0 Å². The highest BCUT2D eigenvalue weighted by Crippen LogP contribution is 2.17. The van der Waals surface area contributed by atoms with Gasteiger partial charge in [0.05, 0.1) is 17.1 Å². The summed E-state index contributed by atoms with van der Waals surface area (Å²) in [6.07, 6.45) is 0. The lowest BCUT2D eigenvalue weighted by molar-refractivity contribution is 0.390. The normalized spacial score (nSPS) is 11.8. The van der Waals surface area contributed by atoms with E-state index in [0.717, 1.165) is 5.56 Å². The number of sulfonamides is 1. The van der Waals surface area contributed by atoms with Crippen LogP contribution in [0.25, 0.3) is 0 Å². The predicted octanol–water partition coefficient (Wildman–Crippen LogP) is 1.23. The SMILES string of the molecule is Cc1cc(CNS(=O)(=O)c2cc(CN)ccc2C)no1. The Labute approximate surface area is 118 Å². The van der Waals surface area contributed by atoms with E-state index in [0.29, 0.717) is 23.6 Å². The lowest BCUT2D eigenvalue weighted by Gasteiger charge is -2.09. The molecule has 0 saturated heterocycles. The number of hydrogen-bond donors (Lipinski definition) is 2. The average Bonchev–Trinajstić information content (AvgIpc) is 2.83. The highest BCUT2D eigenvalue weighted by atomic mass is 32.2. The lowest BCUT2D eigenvalue weighted by Crippen LogP contribution is -2.24. The molecule has 1 aromatic carbocycles. The van der Waals surface area contributed by atoms with Gasteiger partial charge in [0.1, 0.15) is 5.76 Å². The van der Waals surface area contributed by atoms with E-state index in [-0.39, 0.29) is 11.4 Å². The fraction of sp³-hybridized carbons (Fsp3) is 0.308. The third-order valence-electron chi connectivity index (χ3n) is 2.90. The van der Waals surface area contributed by atoms with Crippen LogP contribution >= 0.6 is 0 Å². The maximum Gasteiger partial charge on any atom is 0.241 e. The van der Waals surface area contributed by atoms with Gasteiger partial charge in [-0.15, -0.1) is 0 Å². The first-order chi connectivity index (χ1) is 9.42. The Morgan fingerprint density at radius 3 is 2.65 bits per heavy atom. The number of rotatable bonds is 5. The molecule has 0 spiro atoms. The van der Waals surface area contributed by atoms with Gasteiger partial charge in [-0.25, -0.2) is 13.1 Å². The van der Waals surface area contributed by atoms with E-state index in [1.54, 1.807) is 32.0 Å². The summed E-state index contributed by atoms with van der Waals surface area (Å²) in [5.41, 5.74) is 7.53. The zero-order chi connectivity index (χ0) is 14.8. The van der Waals surface area contributed by atoms with Crippen LogP contribution in [-0.4, -0.2) is 13.6 Å². The minimum absolute atomic E-state index is 0.0893. The minimum atomic E-state index is -3.60. The monoisotopic (exact) mass is 295 g/mol. The highest BCUT2D eigenvalue weighted by Gasteiger charge is 2.17. The van der Waals surface area contributed by atoms with Crippen LogP contribution < -0.4 is 10.5 Å². The van der Waals surface area contributed by atoms with Crippen LogP contribution in [0.3, 0.4) is 0 Å². The van der Waals surface area contributed by atoms with Crippen molar-refractivity contribution < 1.29 is 12.9 Å². The van der Waals surface area contributed by atoms with Crippen molar-refractivity contribution in [1.29, 1.82) is 0 Å². The van der Waals surface area contributed by atoms with Crippen molar-refractivity contribution in [2.75, 3.05) is 0 Å².